The van der Waals surface area contributed by atoms with Crippen LogP contribution in [0.1, 0.15) is 19.4 Å². The Hall–Kier alpha value is -3.13. The van der Waals surface area contributed by atoms with E-state index in [4.69, 9.17) is 4.74 Å². The quantitative estimate of drug-likeness (QED) is 0.475. The summed E-state index contributed by atoms with van der Waals surface area (Å²) < 4.78 is 5.39. The average Bonchev–Trinajstić information content (AvgIpc) is 2.58. The zero-order valence-electron chi connectivity index (χ0n) is 13.7. The molecule has 0 aliphatic carbocycles. The van der Waals surface area contributed by atoms with Crippen molar-refractivity contribution in [2.45, 2.75) is 13.8 Å². The zero-order chi connectivity index (χ0) is 17.7. The summed E-state index contributed by atoms with van der Waals surface area (Å²) in [6.45, 7) is 7.71. The molecule has 0 radical (unpaired) electrons. The van der Waals surface area contributed by atoms with Crippen molar-refractivity contribution in [2.75, 3.05) is 13.2 Å². The van der Waals surface area contributed by atoms with Gasteiger partial charge in [-0.05, 0) is 43.2 Å². The molecular weight excluding hydrogens is 304 g/mol. The first-order chi connectivity index (χ1) is 11.5. The lowest BCUT2D eigenvalue weighted by molar-refractivity contribution is -0.139. The molecular formula is C19H18N2O3. The van der Waals surface area contributed by atoms with E-state index in [0.29, 0.717) is 17.8 Å². The highest BCUT2D eigenvalue weighted by atomic mass is 16.5. The summed E-state index contributed by atoms with van der Waals surface area (Å²) in [7, 11) is 0. The van der Waals surface area contributed by atoms with Crippen LogP contribution in [-0.2, 0) is 9.59 Å². The molecule has 2 amide bonds. The van der Waals surface area contributed by atoms with E-state index >= 15 is 0 Å². The number of rotatable bonds is 5. The van der Waals surface area contributed by atoms with E-state index in [0.717, 1.165) is 16.2 Å². The Bertz CT molecular complexity index is 780. The van der Waals surface area contributed by atoms with E-state index in [1.54, 1.807) is 25.1 Å². The van der Waals surface area contributed by atoms with Gasteiger partial charge >= 0.3 is 0 Å². The molecule has 5 nitrogen and oxygen atoms in total. The van der Waals surface area contributed by atoms with Crippen LogP contribution in [0.15, 0.2) is 53.6 Å². The summed E-state index contributed by atoms with van der Waals surface area (Å²) in [5, 5.41) is 9.25. The molecule has 5 heteroatoms. The largest absolute Gasteiger partial charge is 0.494 e. The summed E-state index contributed by atoms with van der Waals surface area (Å²) in [6.07, 6.45) is 3.13. The summed E-state index contributed by atoms with van der Waals surface area (Å²) in [5.41, 5.74) is 1.49. The Balaban J connectivity index is 2.47. The van der Waals surface area contributed by atoms with Gasteiger partial charge in [-0.3, -0.25) is 14.5 Å². The molecule has 0 aromatic heterocycles. The van der Waals surface area contributed by atoms with Crippen LogP contribution in [0.4, 0.5) is 0 Å². The van der Waals surface area contributed by atoms with Crippen LogP contribution in [0, 0.1) is 11.3 Å². The van der Waals surface area contributed by atoms with Crippen molar-refractivity contribution < 1.29 is 14.3 Å². The van der Waals surface area contributed by atoms with Gasteiger partial charge in [0.15, 0.2) is 0 Å². The number of nitrogens with zero attached hydrogens (tertiary/aromatic N) is 2. The SMILES string of the molecule is C=CCN1C(=O)C(C#N)=C(C)/C(=C\c2ccc(OCC)cc2)C1=O. The molecule has 0 saturated carbocycles. The Morgan fingerprint density at radius 2 is 1.92 bits per heavy atom. The number of hydrogen-bond donors (Lipinski definition) is 0. The Labute approximate surface area is 141 Å². The van der Waals surface area contributed by atoms with Gasteiger partial charge in [-0.1, -0.05) is 18.2 Å². The number of carbonyl (C=O) groups excluding carboxylic acids is 2. The first-order valence-electron chi connectivity index (χ1n) is 7.56. The van der Waals surface area contributed by atoms with E-state index in [9.17, 15) is 14.9 Å². The highest BCUT2D eigenvalue weighted by molar-refractivity contribution is 6.19. The van der Waals surface area contributed by atoms with Crippen LogP contribution in [-0.4, -0.2) is 29.9 Å². The van der Waals surface area contributed by atoms with Gasteiger partial charge in [-0.15, -0.1) is 6.58 Å². The van der Waals surface area contributed by atoms with Crippen LogP contribution in [0.5, 0.6) is 5.75 Å². The van der Waals surface area contributed by atoms with Crippen LogP contribution in [0.2, 0.25) is 0 Å². The number of hydrogen-bond acceptors (Lipinski definition) is 4. The van der Waals surface area contributed by atoms with Gasteiger partial charge in [0.1, 0.15) is 17.4 Å². The Kier molecular flexibility index (Phi) is 5.33. The van der Waals surface area contributed by atoms with Crippen molar-refractivity contribution in [1.29, 1.82) is 5.26 Å². The molecule has 0 N–H and O–H groups in total. The Morgan fingerprint density at radius 1 is 1.25 bits per heavy atom. The van der Waals surface area contributed by atoms with Crippen LogP contribution in [0.25, 0.3) is 6.08 Å². The molecule has 24 heavy (non-hydrogen) atoms. The number of amides is 2. The summed E-state index contributed by atoms with van der Waals surface area (Å²) >= 11 is 0. The smallest absolute Gasteiger partial charge is 0.271 e. The lowest BCUT2D eigenvalue weighted by Gasteiger charge is -2.26. The van der Waals surface area contributed by atoms with E-state index in [1.807, 2.05) is 25.1 Å². The van der Waals surface area contributed by atoms with Crippen molar-refractivity contribution in [3.05, 3.63) is 59.2 Å². The number of ether oxygens (including phenoxy) is 1. The molecule has 0 fully saturated rings. The molecule has 0 bridgehead atoms. The molecule has 1 heterocycles. The fraction of sp³-hybridized carbons (Fsp3) is 0.211. The maximum absolute atomic E-state index is 12.6. The lowest BCUT2D eigenvalue weighted by Crippen LogP contribution is -2.42. The van der Waals surface area contributed by atoms with Gasteiger partial charge < -0.3 is 4.74 Å². The van der Waals surface area contributed by atoms with Crippen molar-refractivity contribution >= 4 is 17.9 Å². The van der Waals surface area contributed by atoms with E-state index < -0.39 is 11.8 Å². The minimum absolute atomic E-state index is 0.0198. The van der Waals surface area contributed by atoms with Gasteiger partial charge in [0.2, 0.25) is 0 Å². The molecule has 0 unspecified atom stereocenters. The lowest BCUT2D eigenvalue weighted by atomic mass is 9.93. The molecule has 1 aliphatic heterocycles. The molecule has 0 saturated heterocycles. The molecule has 2 rings (SSSR count). The topological polar surface area (TPSA) is 70.4 Å². The zero-order valence-corrected chi connectivity index (χ0v) is 13.7. The van der Waals surface area contributed by atoms with Crippen molar-refractivity contribution in [1.82, 2.24) is 4.90 Å². The second-order valence-corrected chi connectivity index (χ2v) is 5.18. The third-order valence-electron chi connectivity index (χ3n) is 3.64. The standard InChI is InChI=1S/C19H18N2O3/c1-4-10-21-18(22)16(13(3)17(12-20)19(21)23)11-14-6-8-15(9-7-14)24-5-2/h4,6-9,11H,1,5,10H2,2-3H3/b16-11+. The highest BCUT2D eigenvalue weighted by Crippen LogP contribution is 2.27. The fourth-order valence-electron chi connectivity index (χ4n) is 2.42. The molecule has 1 aromatic carbocycles. The van der Waals surface area contributed by atoms with Crippen molar-refractivity contribution in [3.63, 3.8) is 0 Å². The number of benzene rings is 1. The average molecular weight is 322 g/mol. The summed E-state index contributed by atoms with van der Waals surface area (Å²) in [6, 6.07) is 9.14. The minimum Gasteiger partial charge on any atom is -0.494 e. The molecule has 1 aromatic rings. The maximum atomic E-state index is 12.6. The van der Waals surface area contributed by atoms with Crippen molar-refractivity contribution in [2.24, 2.45) is 0 Å². The van der Waals surface area contributed by atoms with Crippen molar-refractivity contribution in [3.8, 4) is 11.8 Å². The Morgan fingerprint density at radius 3 is 2.46 bits per heavy atom. The van der Waals surface area contributed by atoms with Gasteiger partial charge in [-0.25, -0.2) is 0 Å². The molecule has 1 aliphatic rings. The molecule has 122 valence electrons. The maximum Gasteiger partial charge on any atom is 0.271 e. The van der Waals surface area contributed by atoms with Crippen LogP contribution < -0.4 is 4.74 Å². The number of carbonyl (C=O) groups is 2. The number of imide groups is 1. The minimum atomic E-state index is -0.580. The van der Waals surface area contributed by atoms with E-state index in [2.05, 4.69) is 6.58 Å². The predicted molar refractivity (Wildman–Crippen MR) is 90.8 cm³/mol. The third-order valence-corrected chi connectivity index (χ3v) is 3.64. The van der Waals surface area contributed by atoms with Crippen LogP contribution in [0.3, 0.4) is 0 Å². The molecule has 0 spiro atoms. The third kappa shape index (κ3) is 3.28. The van der Waals surface area contributed by atoms with Gasteiger partial charge in [0.25, 0.3) is 11.8 Å². The van der Waals surface area contributed by atoms with Gasteiger partial charge in [0.05, 0.1) is 6.61 Å². The highest BCUT2D eigenvalue weighted by Gasteiger charge is 2.34. The van der Waals surface area contributed by atoms with Crippen LogP contribution >= 0.6 is 0 Å². The normalized spacial score (nSPS) is 16.4. The van der Waals surface area contributed by atoms with E-state index in [1.165, 1.54) is 6.08 Å². The van der Waals surface area contributed by atoms with E-state index in [-0.39, 0.29) is 12.1 Å². The second-order valence-electron chi connectivity index (χ2n) is 5.18. The molecule has 0 atom stereocenters. The predicted octanol–water partition coefficient (Wildman–Crippen LogP) is 2.86. The second kappa shape index (κ2) is 7.42. The summed E-state index contributed by atoms with van der Waals surface area (Å²) in [4.78, 5) is 25.8. The monoisotopic (exact) mass is 322 g/mol. The summed E-state index contributed by atoms with van der Waals surface area (Å²) in [5.74, 6) is -0.267. The fourth-order valence-corrected chi connectivity index (χ4v) is 2.42. The first-order valence-corrected chi connectivity index (χ1v) is 7.56. The van der Waals surface area contributed by atoms with Gasteiger partial charge in [0, 0.05) is 12.1 Å². The number of nitriles is 1. The van der Waals surface area contributed by atoms with Gasteiger partial charge in [-0.2, -0.15) is 5.26 Å². The first kappa shape index (κ1) is 17.2.